The number of anilines is 1. The monoisotopic (exact) mass is 761 g/mol. The number of ether oxygens (including phenoxy) is 2. The first-order valence-corrected chi connectivity index (χ1v) is 21.2. The molecule has 6 nitrogen and oxygen atoms in total. The molecule has 0 amide bonds. The van der Waals surface area contributed by atoms with Crippen molar-refractivity contribution in [3.05, 3.63) is 141 Å². The van der Waals surface area contributed by atoms with E-state index in [1.807, 2.05) is 11.3 Å². The first-order valence-electron chi connectivity index (χ1n) is 18.5. The average molecular weight is 762 g/mol. The molecule has 0 saturated carbocycles. The molecule has 7 rings (SSSR count). The number of rotatable bonds is 8. The molecule has 4 aromatic carbocycles. The summed E-state index contributed by atoms with van der Waals surface area (Å²) in [7, 11) is -3.67. The molecule has 282 valence electrons. The van der Waals surface area contributed by atoms with Gasteiger partial charge in [-0.1, -0.05) is 81.5 Å². The number of nitrogens with zero attached hydrogens (tertiary/aromatic N) is 1. The standard InChI is InChI=1S/C45H47NO2S.CH4O3S/c1-8-36-38-21-29(2)32(5)24-42(38)49-43(36)26-34-25-33(27-45(6,7)28-34)13-11-18-44-46(39-22-30(3)31(4)23-41(39)48-44)19-20-47-40-17-12-15-35-14-9-10-16-37(35)40;1-5(2,3)4/h9-18,21-26H,8,19-20,27-28H2,1-7H3;1H3,(H,2,3,4). The zero-order valence-electron chi connectivity index (χ0n) is 32.6. The first kappa shape index (κ1) is 39.1. The van der Waals surface area contributed by atoms with E-state index in [0.29, 0.717) is 19.4 Å². The lowest BCUT2D eigenvalue weighted by Crippen LogP contribution is -2.26. The van der Waals surface area contributed by atoms with Crippen LogP contribution < -0.4 is 14.4 Å². The van der Waals surface area contributed by atoms with E-state index in [4.69, 9.17) is 14.0 Å². The van der Waals surface area contributed by atoms with Gasteiger partial charge in [-0.15, -0.1) is 11.3 Å². The van der Waals surface area contributed by atoms with Gasteiger partial charge in [-0.05, 0) is 139 Å². The van der Waals surface area contributed by atoms with Gasteiger partial charge in [-0.25, -0.2) is 0 Å². The zero-order valence-corrected chi connectivity index (χ0v) is 34.3. The second kappa shape index (κ2) is 16.0. The van der Waals surface area contributed by atoms with Crippen LogP contribution in [0, 0.1) is 33.1 Å². The average Bonchev–Trinajstić information content (AvgIpc) is 3.59. The predicted octanol–water partition coefficient (Wildman–Crippen LogP) is 11.9. The highest BCUT2D eigenvalue weighted by Gasteiger charge is 2.28. The topological polar surface area (TPSA) is 76.1 Å². The van der Waals surface area contributed by atoms with Crippen molar-refractivity contribution in [1.29, 1.82) is 0 Å². The van der Waals surface area contributed by atoms with Crippen LogP contribution in [0.25, 0.3) is 26.9 Å². The largest absolute Gasteiger partial charge is 0.491 e. The lowest BCUT2D eigenvalue weighted by molar-refractivity contribution is 0.325. The summed E-state index contributed by atoms with van der Waals surface area (Å²) < 4.78 is 40.1. The molecule has 0 spiro atoms. The van der Waals surface area contributed by atoms with Crippen LogP contribution in [0.2, 0.25) is 0 Å². The molecule has 0 unspecified atom stereocenters. The molecule has 1 aliphatic heterocycles. The van der Waals surface area contributed by atoms with Crippen molar-refractivity contribution in [3.8, 4) is 11.5 Å². The molecule has 54 heavy (non-hydrogen) atoms. The van der Waals surface area contributed by atoms with Crippen molar-refractivity contribution in [2.75, 3.05) is 24.3 Å². The fourth-order valence-corrected chi connectivity index (χ4v) is 8.66. The quantitative estimate of drug-likeness (QED) is 0.159. The Morgan fingerprint density at radius 1 is 0.926 bits per heavy atom. The Kier molecular flexibility index (Phi) is 11.6. The van der Waals surface area contributed by atoms with Crippen LogP contribution >= 0.6 is 11.3 Å². The minimum Gasteiger partial charge on any atom is -0.491 e. The molecule has 8 heteroatoms. The number of thiophene rings is 1. The number of benzene rings is 4. The van der Waals surface area contributed by atoms with Crippen molar-refractivity contribution in [3.63, 3.8) is 0 Å². The molecular weight excluding hydrogens is 711 g/mol. The van der Waals surface area contributed by atoms with Crippen molar-refractivity contribution >= 4 is 54.1 Å². The van der Waals surface area contributed by atoms with Crippen LogP contribution in [0.1, 0.15) is 66.3 Å². The summed E-state index contributed by atoms with van der Waals surface area (Å²) in [6, 6.07) is 23.7. The Hall–Kier alpha value is -4.63. The second-order valence-corrected chi connectivity index (χ2v) is 17.8. The molecule has 2 aliphatic rings. The smallest absolute Gasteiger partial charge is 0.261 e. The maximum Gasteiger partial charge on any atom is 0.261 e. The predicted molar refractivity (Wildman–Crippen MR) is 228 cm³/mol. The maximum absolute atomic E-state index is 9.19. The van der Waals surface area contributed by atoms with E-state index in [1.165, 1.54) is 59.3 Å². The second-order valence-electron chi connectivity index (χ2n) is 15.3. The van der Waals surface area contributed by atoms with Gasteiger partial charge in [0.15, 0.2) is 5.75 Å². The summed E-state index contributed by atoms with van der Waals surface area (Å²) in [6.07, 6.45) is 15.3. The summed E-state index contributed by atoms with van der Waals surface area (Å²) >= 11 is 1.94. The van der Waals surface area contributed by atoms with Gasteiger partial charge < -0.3 is 14.4 Å². The van der Waals surface area contributed by atoms with Crippen molar-refractivity contribution in [2.24, 2.45) is 5.41 Å². The van der Waals surface area contributed by atoms with Crippen LogP contribution in [-0.2, 0) is 16.5 Å². The molecule has 0 fully saturated rings. The summed E-state index contributed by atoms with van der Waals surface area (Å²) in [5, 5.41) is 3.74. The molecule has 0 radical (unpaired) electrons. The van der Waals surface area contributed by atoms with E-state index < -0.39 is 10.1 Å². The molecular formula is C46H51NO5S2. The van der Waals surface area contributed by atoms with E-state index >= 15 is 0 Å². The third kappa shape index (κ3) is 9.35. The number of aryl methyl sites for hydroxylation is 5. The number of hydrogen-bond donors (Lipinski definition) is 1. The van der Waals surface area contributed by atoms with Gasteiger partial charge >= 0.3 is 0 Å². The van der Waals surface area contributed by atoms with E-state index in [2.05, 4.69) is 150 Å². The Bertz CT molecular complexity index is 2430. The Balaban J connectivity index is 0.000000934. The van der Waals surface area contributed by atoms with Crippen molar-refractivity contribution in [2.45, 2.75) is 67.7 Å². The minimum absolute atomic E-state index is 0.184. The number of allylic oxidation sites excluding steroid dienone is 6. The maximum atomic E-state index is 9.19. The molecule has 0 atom stereocenters. The van der Waals surface area contributed by atoms with E-state index in [1.54, 1.807) is 0 Å². The highest BCUT2D eigenvalue weighted by atomic mass is 32.2. The fraction of sp³-hybridized carbons (Fsp3) is 0.304. The molecule has 0 bridgehead atoms. The fourth-order valence-electron chi connectivity index (χ4n) is 7.31. The van der Waals surface area contributed by atoms with Crippen molar-refractivity contribution in [1.82, 2.24) is 0 Å². The van der Waals surface area contributed by atoms with Gasteiger partial charge in [0.1, 0.15) is 12.4 Å². The normalized spacial score (nSPS) is 16.8. The van der Waals surface area contributed by atoms with Gasteiger partial charge in [-0.2, -0.15) is 8.42 Å². The Morgan fingerprint density at radius 3 is 2.37 bits per heavy atom. The lowest BCUT2D eigenvalue weighted by Gasteiger charge is -2.30. The summed E-state index contributed by atoms with van der Waals surface area (Å²) in [6.45, 7) is 17.0. The summed E-state index contributed by atoms with van der Waals surface area (Å²) in [4.78, 5) is 3.65. The first-order chi connectivity index (χ1) is 25.6. The van der Waals surface area contributed by atoms with Crippen molar-refractivity contribution < 1.29 is 22.4 Å². The van der Waals surface area contributed by atoms with E-state index in [0.717, 1.165) is 47.7 Å². The van der Waals surface area contributed by atoms with Crippen LogP contribution in [0.15, 0.2) is 108 Å². The lowest BCUT2D eigenvalue weighted by atomic mass is 9.75. The third-order valence-electron chi connectivity index (χ3n) is 10.1. The highest BCUT2D eigenvalue weighted by molar-refractivity contribution is 7.85. The summed E-state index contributed by atoms with van der Waals surface area (Å²) in [5.41, 5.74) is 10.7. The molecule has 1 N–H and O–H groups in total. The van der Waals surface area contributed by atoms with Gasteiger partial charge in [-0.3, -0.25) is 4.55 Å². The van der Waals surface area contributed by atoms with E-state index in [9.17, 15) is 8.42 Å². The summed E-state index contributed by atoms with van der Waals surface area (Å²) in [5.74, 6) is 2.64. The number of hydrogen-bond acceptors (Lipinski definition) is 6. The Morgan fingerprint density at radius 2 is 1.61 bits per heavy atom. The van der Waals surface area contributed by atoms with Gasteiger partial charge in [0.2, 0.25) is 5.88 Å². The SMILES string of the molecule is CCc1c(C=C2C=C(C=CC=C3Oc4cc(C)c(C)cc4N3CCOc3cccc4ccccc34)CC(C)(C)C2)sc2cc(C)c(C)cc12.CS(=O)(=O)O. The van der Waals surface area contributed by atoms with Crippen LogP contribution in [-0.4, -0.2) is 32.4 Å². The molecule has 2 heterocycles. The third-order valence-corrected chi connectivity index (χ3v) is 11.2. The van der Waals surface area contributed by atoms with E-state index in [-0.39, 0.29) is 5.41 Å². The van der Waals surface area contributed by atoms with Gasteiger partial charge in [0.05, 0.1) is 18.5 Å². The van der Waals surface area contributed by atoms with Crippen LogP contribution in [0.5, 0.6) is 11.5 Å². The minimum atomic E-state index is -3.67. The molecule has 0 saturated heterocycles. The zero-order chi connectivity index (χ0) is 38.8. The number of fused-ring (bicyclic) bond motifs is 3. The highest BCUT2D eigenvalue weighted by Crippen LogP contribution is 2.43. The molecule has 1 aliphatic carbocycles. The molecule has 1 aromatic heterocycles. The Labute approximate surface area is 324 Å². The van der Waals surface area contributed by atoms with Gasteiger partial charge in [0, 0.05) is 15.0 Å². The molecule has 5 aromatic rings. The van der Waals surface area contributed by atoms with Gasteiger partial charge in [0.25, 0.3) is 10.1 Å². The van der Waals surface area contributed by atoms with Crippen LogP contribution in [0.3, 0.4) is 0 Å². The van der Waals surface area contributed by atoms with Crippen LogP contribution in [0.4, 0.5) is 5.69 Å².